The smallest absolute Gasteiger partial charge is 0.311 e. The molecule has 3 aliphatic heterocycles. The number of fused-ring (bicyclic) bond motifs is 1. The molecule has 0 radical (unpaired) electrons. The Morgan fingerprint density at radius 1 is 1.19 bits per heavy atom. The van der Waals surface area contributed by atoms with Gasteiger partial charge in [0.15, 0.2) is 0 Å². The predicted molar refractivity (Wildman–Crippen MR) is 143 cm³/mol. The van der Waals surface area contributed by atoms with Gasteiger partial charge in [-0.1, -0.05) is 25.5 Å². The van der Waals surface area contributed by atoms with Gasteiger partial charge in [0.25, 0.3) is 0 Å². The average molecular weight is 521 g/mol. The van der Waals surface area contributed by atoms with Crippen molar-refractivity contribution in [3.05, 3.63) is 25.3 Å². The topological polar surface area (TPSA) is 87.1 Å². The summed E-state index contributed by atoms with van der Waals surface area (Å²) in [6.07, 6.45) is 10.6. The molecule has 5 atom stereocenters. The number of carbonyl (C=O) groups is 3. The Kier molecular flexibility index (Phi) is 10.1. The van der Waals surface area contributed by atoms with Crippen molar-refractivity contribution in [1.29, 1.82) is 0 Å². The monoisotopic (exact) mass is 520 g/mol. The summed E-state index contributed by atoms with van der Waals surface area (Å²) in [4.78, 5) is 45.2. The Morgan fingerprint density at radius 3 is 2.64 bits per heavy atom. The van der Waals surface area contributed by atoms with E-state index in [1.165, 1.54) is 0 Å². The summed E-state index contributed by atoms with van der Waals surface area (Å²) in [7, 11) is 0. The molecule has 0 aromatic rings. The van der Waals surface area contributed by atoms with Crippen molar-refractivity contribution < 1.29 is 24.2 Å². The Labute approximate surface area is 220 Å². The lowest BCUT2D eigenvalue weighted by Crippen LogP contribution is -2.55. The number of hydrogen-bond acceptors (Lipinski definition) is 6. The lowest BCUT2D eigenvalue weighted by molar-refractivity contribution is -0.155. The molecule has 0 aromatic heterocycles. The molecule has 7 nitrogen and oxygen atoms in total. The van der Waals surface area contributed by atoms with Crippen LogP contribution in [-0.4, -0.2) is 81.1 Å². The van der Waals surface area contributed by atoms with Crippen LogP contribution < -0.4 is 0 Å². The summed E-state index contributed by atoms with van der Waals surface area (Å²) < 4.78 is 4.65. The number of likely N-dealkylation sites (tertiary alicyclic amines) is 1. The molecule has 1 N–H and O–H groups in total. The number of aliphatic hydroxyl groups excluding tert-OH is 1. The van der Waals surface area contributed by atoms with Crippen LogP contribution in [0.4, 0.5) is 0 Å². The molecule has 2 unspecified atom stereocenters. The lowest BCUT2D eigenvalue weighted by Gasteiger charge is -2.37. The first-order chi connectivity index (χ1) is 17.3. The molecule has 3 rings (SSSR count). The van der Waals surface area contributed by atoms with Crippen LogP contribution in [-0.2, 0) is 19.1 Å². The summed E-state index contributed by atoms with van der Waals surface area (Å²) >= 11 is 1.69. The fraction of sp³-hybridized carbons (Fsp3) is 0.750. The summed E-state index contributed by atoms with van der Waals surface area (Å²) in [5.74, 6) is -1.52. The minimum Gasteiger partial charge on any atom is -0.465 e. The third kappa shape index (κ3) is 5.40. The number of esters is 1. The standard InChI is InChI=1S/C28H44N2O5S/c1-5-8-13-20-35-26(34)22-21-24(32)30(18-11-10-12-19-31)23(28(21)15-14-27(22,4)36-28)25(33)29(16-7-3)17-9-6-2/h5,7,21-23,31H,1,3,6,8-20H2,2,4H3/t21-,22-,23?,27+,28?/m0/s1. The maximum absolute atomic E-state index is 14.1. The number of ether oxygens (including phenoxy) is 1. The molecule has 2 bridgehead atoms. The molecule has 0 aromatic carbocycles. The third-order valence-corrected chi connectivity index (χ3v) is 10.0. The number of allylic oxidation sites excluding steroid dienone is 1. The highest BCUT2D eigenvalue weighted by molar-refractivity contribution is 8.02. The molecule has 3 fully saturated rings. The molecule has 202 valence electrons. The predicted octanol–water partition coefficient (Wildman–Crippen LogP) is 3.95. The number of amides is 2. The summed E-state index contributed by atoms with van der Waals surface area (Å²) in [5.41, 5.74) is 0. The number of hydrogen-bond donors (Lipinski definition) is 1. The van der Waals surface area contributed by atoms with E-state index in [-0.39, 0.29) is 24.4 Å². The number of aliphatic hydroxyl groups is 1. The van der Waals surface area contributed by atoms with E-state index in [2.05, 4.69) is 27.0 Å². The first kappa shape index (κ1) is 28.8. The largest absolute Gasteiger partial charge is 0.465 e. The fourth-order valence-corrected chi connectivity index (χ4v) is 8.67. The first-order valence-corrected chi connectivity index (χ1v) is 14.4. The molecule has 8 heteroatoms. The molecule has 36 heavy (non-hydrogen) atoms. The molecule has 1 spiro atoms. The molecule has 0 saturated carbocycles. The van der Waals surface area contributed by atoms with E-state index in [1.807, 2.05) is 4.90 Å². The summed E-state index contributed by atoms with van der Waals surface area (Å²) in [6.45, 7) is 13.7. The van der Waals surface area contributed by atoms with Crippen molar-refractivity contribution in [1.82, 2.24) is 9.80 Å². The molecule has 3 aliphatic rings. The molecule has 2 amide bonds. The van der Waals surface area contributed by atoms with Crippen LogP contribution in [0.5, 0.6) is 0 Å². The van der Waals surface area contributed by atoms with Gasteiger partial charge in [0.2, 0.25) is 11.8 Å². The molecule has 3 saturated heterocycles. The minimum absolute atomic E-state index is 0.0295. The maximum Gasteiger partial charge on any atom is 0.311 e. The van der Waals surface area contributed by atoms with Crippen LogP contribution in [0.25, 0.3) is 0 Å². The molecule has 3 heterocycles. The normalized spacial score (nSPS) is 30.4. The van der Waals surface area contributed by atoms with Gasteiger partial charge in [-0.2, -0.15) is 0 Å². The van der Waals surface area contributed by atoms with Gasteiger partial charge in [-0.25, -0.2) is 0 Å². The van der Waals surface area contributed by atoms with Crippen molar-refractivity contribution in [3.8, 4) is 0 Å². The van der Waals surface area contributed by atoms with Crippen molar-refractivity contribution in [2.24, 2.45) is 11.8 Å². The Bertz CT molecular complexity index is 835. The number of unbranched alkanes of at least 4 members (excludes halogenated alkanes) is 4. The van der Waals surface area contributed by atoms with Gasteiger partial charge in [0.1, 0.15) is 6.04 Å². The van der Waals surface area contributed by atoms with Gasteiger partial charge in [-0.15, -0.1) is 24.9 Å². The second-order valence-electron chi connectivity index (χ2n) is 10.6. The van der Waals surface area contributed by atoms with E-state index in [0.29, 0.717) is 45.5 Å². The highest BCUT2D eigenvalue weighted by Gasteiger charge is 2.77. The van der Waals surface area contributed by atoms with Crippen LogP contribution in [0.2, 0.25) is 0 Å². The number of nitrogens with zero attached hydrogens (tertiary/aromatic N) is 2. The summed E-state index contributed by atoms with van der Waals surface area (Å²) in [6, 6.07) is -0.591. The SMILES string of the molecule is C=CCCCOC(=O)[C@@H]1[C@H]2C(=O)N(CCCCCO)C(C(=O)N(CC=C)CCCC)C23CC[C@@]1(C)S3. The van der Waals surface area contributed by atoms with Crippen molar-refractivity contribution in [2.75, 3.05) is 32.8 Å². The molecular formula is C28H44N2O5S. The van der Waals surface area contributed by atoms with E-state index in [9.17, 15) is 19.5 Å². The van der Waals surface area contributed by atoms with Gasteiger partial charge < -0.3 is 19.6 Å². The lowest BCUT2D eigenvalue weighted by atomic mass is 9.66. The van der Waals surface area contributed by atoms with Crippen LogP contribution in [0.3, 0.4) is 0 Å². The molecular weight excluding hydrogens is 476 g/mol. The Hall–Kier alpha value is -1.80. The zero-order valence-electron chi connectivity index (χ0n) is 22.1. The van der Waals surface area contributed by atoms with E-state index in [1.54, 1.807) is 28.8 Å². The van der Waals surface area contributed by atoms with Gasteiger partial charge in [0.05, 0.1) is 23.2 Å². The van der Waals surface area contributed by atoms with E-state index < -0.39 is 27.4 Å². The Morgan fingerprint density at radius 2 is 1.97 bits per heavy atom. The fourth-order valence-electron chi connectivity index (χ4n) is 6.33. The van der Waals surface area contributed by atoms with E-state index >= 15 is 0 Å². The van der Waals surface area contributed by atoms with Crippen LogP contribution in [0.1, 0.15) is 71.6 Å². The quantitative estimate of drug-likeness (QED) is 0.188. The third-order valence-electron chi connectivity index (χ3n) is 8.06. The van der Waals surface area contributed by atoms with Crippen LogP contribution in [0.15, 0.2) is 25.3 Å². The zero-order valence-corrected chi connectivity index (χ0v) is 22.9. The van der Waals surface area contributed by atoms with E-state index in [0.717, 1.165) is 38.5 Å². The Balaban J connectivity index is 1.93. The molecule has 0 aliphatic carbocycles. The summed E-state index contributed by atoms with van der Waals surface area (Å²) in [5, 5.41) is 9.20. The van der Waals surface area contributed by atoms with Crippen molar-refractivity contribution in [2.45, 2.75) is 87.2 Å². The van der Waals surface area contributed by atoms with Crippen LogP contribution in [0, 0.1) is 11.8 Å². The minimum atomic E-state index is -0.615. The highest BCUT2D eigenvalue weighted by Crippen LogP contribution is 2.71. The van der Waals surface area contributed by atoms with Gasteiger partial charge in [-0.3, -0.25) is 14.4 Å². The van der Waals surface area contributed by atoms with Crippen molar-refractivity contribution in [3.63, 3.8) is 0 Å². The average Bonchev–Trinajstić information content (AvgIpc) is 3.42. The van der Waals surface area contributed by atoms with Gasteiger partial charge >= 0.3 is 5.97 Å². The second kappa shape index (κ2) is 12.6. The second-order valence-corrected chi connectivity index (χ2v) is 12.5. The van der Waals surface area contributed by atoms with Gasteiger partial charge in [-0.05, 0) is 58.3 Å². The van der Waals surface area contributed by atoms with E-state index in [4.69, 9.17) is 4.74 Å². The van der Waals surface area contributed by atoms with Crippen LogP contribution >= 0.6 is 11.8 Å². The number of carbonyl (C=O) groups excluding carboxylic acids is 3. The maximum atomic E-state index is 14.1. The highest BCUT2D eigenvalue weighted by atomic mass is 32.2. The number of thioether (sulfide) groups is 1. The van der Waals surface area contributed by atoms with Gasteiger partial charge in [0, 0.05) is 31.0 Å². The first-order valence-electron chi connectivity index (χ1n) is 13.6. The number of rotatable bonds is 16. The zero-order chi connectivity index (χ0) is 26.3. The van der Waals surface area contributed by atoms with Crippen molar-refractivity contribution >= 4 is 29.5 Å².